The van der Waals surface area contributed by atoms with Crippen LogP contribution in [-0.4, -0.2) is 23.5 Å². The number of rotatable bonds is 6. The van der Waals surface area contributed by atoms with Crippen LogP contribution < -0.4 is 5.73 Å². The standard InChI is InChI=1S/C16H20ClN3/c1-20(12-13-5-4-9-19-11-13)10-8-16(18)14-6-2-3-7-15(14)17/h2-7,9,11,16H,8,10,12,18H2,1H3. The average molecular weight is 290 g/mol. The minimum absolute atomic E-state index is 0.0277. The Morgan fingerprint density at radius 3 is 2.75 bits per heavy atom. The highest BCUT2D eigenvalue weighted by Gasteiger charge is 2.10. The summed E-state index contributed by atoms with van der Waals surface area (Å²) < 4.78 is 0. The topological polar surface area (TPSA) is 42.1 Å². The van der Waals surface area contributed by atoms with E-state index in [9.17, 15) is 0 Å². The molecule has 0 fully saturated rings. The third-order valence-electron chi connectivity index (χ3n) is 3.30. The maximum Gasteiger partial charge on any atom is 0.0453 e. The zero-order valence-electron chi connectivity index (χ0n) is 11.7. The molecule has 1 atom stereocenters. The number of hydrogen-bond acceptors (Lipinski definition) is 3. The van der Waals surface area contributed by atoms with Crippen molar-refractivity contribution >= 4 is 11.6 Å². The van der Waals surface area contributed by atoms with Gasteiger partial charge >= 0.3 is 0 Å². The summed E-state index contributed by atoms with van der Waals surface area (Å²) >= 11 is 6.16. The van der Waals surface area contributed by atoms with Gasteiger partial charge in [-0.05, 0) is 43.3 Å². The fraction of sp³-hybridized carbons (Fsp3) is 0.312. The number of nitrogens with zero attached hydrogens (tertiary/aromatic N) is 2. The molecule has 0 aliphatic rings. The van der Waals surface area contributed by atoms with Crippen LogP contribution in [0.4, 0.5) is 0 Å². The van der Waals surface area contributed by atoms with E-state index in [2.05, 4.69) is 23.0 Å². The van der Waals surface area contributed by atoms with E-state index in [1.807, 2.05) is 36.5 Å². The van der Waals surface area contributed by atoms with Gasteiger partial charge in [0.25, 0.3) is 0 Å². The van der Waals surface area contributed by atoms with Crippen LogP contribution in [0.1, 0.15) is 23.6 Å². The van der Waals surface area contributed by atoms with Crippen molar-refractivity contribution in [2.45, 2.75) is 19.0 Å². The van der Waals surface area contributed by atoms with E-state index in [1.54, 1.807) is 6.20 Å². The number of nitrogens with two attached hydrogens (primary N) is 1. The number of benzene rings is 1. The SMILES string of the molecule is CN(CCC(N)c1ccccc1Cl)Cc1cccnc1. The van der Waals surface area contributed by atoms with E-state index >= 15 is 0 Å². The Morgan fingerprint density at radius 2 is 2.05 bits per heavy atom. The molecule has 2 aromatic rings. The molecule has 0 aliphatic heterocycles. The van der Waals surface area contributed by atoms with Gasteiger partial charge < -0.3 is 10.6 Å². The van der Waals surface area contributed by atoms with E-state index in [1.165, 1.54) is 5.56 Å². The molecular formula is C16H20ClN3. The van der Waals surface area contributed by atoms with Crippen LogP contribution in [0.5, 0.6) is 0 Å². The quantitative estimate of drug-likeness (QED) is 0.887. The number of aromatic nitrogens is 1. The van der Waals surface area contributed by atoms with Crippen LogP contribution in [0.3, 0.4) is 0 Å². The second kappa shape index (κ2) is 7.39. The molecule has 2 N–H and O–H groups in total. The van der Waals surface area contributed by atoms with Crippen molar-refractivity contribution in [3.63, 3.8) is 0 Å². The molecule has 1 heterocycles. The van der Waals surface area contributed by atoms with Gasteiger partial charge in [0, 0.05) is 30.0 Å². The molecule has 0 spiro atoms. The molecule has 0 saturated carbocycles. The van der Waals surface area contributed by atoms with Gasteiger partial charge in [0.1, 0.15) is 0 Å². The first-order chi connectivity index (χ1) is 9.66. The van der Waals surface area contributed by atoms with Crippen molar-refractivity contribution in [3.05, 3.63) is 64.9 Å². The Bertz CT molecular complexity index is 530. The number of pyridine rings is 1. The monoisotopic (exact) mass is 289 g/mol. The summed E-state index contributed by atoms with van der Waals surface area (Å²) in [5.74, 6) is 0. The largest absolute Gasteiger partial charge is 0.324 e. The molecule has 0 bridgehead atoms. The third-order valence-corrected chi connectivity index (χ3v) is 3.65. The minimum atomic E-state index is -0.0277. The molecule has 1 aromatic heterocycles. The average Bonchev–Trinajstić information content (AvgIpc) is 2.46. The predicted octanol–water partition coefficient (Wildman–Crippen LogP) is 3.26. The fourth-order valence-corrected chi connectivity index (χ4v) is 2.45. The van der Waals surface area contributed by atoms with Gasteiger partial charge in [-0.2, -0.15) is 0 Å². The lowest BCUT2D eigenvalue weighted by Crippen LogP contribution is -2.23. The number of halogens is 1. The smallest absolute Gasteiger partial charge is 0.0453 e. The maximum absolute atomic E-state index is 6.21. The van der Waals surface area contributed by atoms with Crippen molar-refractivity contribution < 1.29 is 0 Å². The highest BCUT2D eigenvalue weighted by molar-refractivity contribution is 6.31. The van der Waals surface area contributed by atoms with Crippen molar-refractivity contribution in [1.82, 2.24) is 9.88 Å². The normalized spacial score (nSPS) is 12.6. The van der Waals surface area contributed by atoms with Crippen LogP contribution in [-0.2, 0) is 6.54 Å². The predicted molar refractivity (Wildman–Crippen MR) is 83.6 cm³/mol. The summed E-state index contributed by atoms with van der Waals surface area (Å²) in [7, 11) is 2.09. The molecule has 106 valence electrons. The Labute approximate surface area is 125 Å². The van der Waals surface area contributed by atoms with Crippen LogP contribution in [0.2, 0.25) is 5.02 Å². The molecular weight excluding hydrogens is 270 g/mol. The lowest BCUT2D eigenvalue weighted by molar-refractivity contribution is 0.311. The highest BCUT2D eigenvalue weighted by atomic mass is 35.5. The van der Waals surface area contributed by atoms with Gasteiger partial charge in [0.2, 0.25) is 0 Å². The molecule has 1 unspecified atom stereocenters. The molecule has 4 heteroatoms. The van der Waals surface area contributed by atoms with Crippen LogP contribution in [0.25, 0.3) is 0 Å². The van der Waals surface area contributed by atoms with Gasteiger partial charge in [-0.15, -0.1) is 0 Å². The molecule has 1 aromatic carbocycles. The second-order valence-electron chi connectivity index (χ2n) is 5.02. The Balaban J connectivity index is 1.84. The Hall–Kier alpha value is -1.42. The summed E-state index contributed by atoms with van der Waals surface area (Å²) in [5.41, 5.74) is 8.44. The Morgan fingerprint density at radius 1 is 1.25 bits per heavy atom. The lowest BCUT2D eigenvalue weighted by atomic mass is 10.0. The van der Waals surface area contributed by atoms with Gasteiger partial charge in [-0.1, -0.05) is 35.9 Å². The van der Waals surface area contributed by atoms with Crippen LogP contribution >= 0.6 is 11.6 Å². The minimum Gasteiger partial charge on any atom is -0.324 e. The molecule has 3 nitrogen and oxygen atoms in total. The summed E-state index contributed by atoms with van der Waals surface area (Å²) in [6, 6.07) is 11.8. The maximum atomic E-state index is 6.21. The summed E-state index contributed by atoms with van der Waals surface area (Å²) in [5, 5.41) is 0.745. The zero-order chi connectivity index (χ0) is 14.4. The molecule has 0 amide bonds. The first-order valence-electron chi connectivity index (χ1n) is 6.74. The van der Waals surface area contributed by atoms with Crippen molar-refractivity contribution in [2.75, 3.05) is 13.6 Å². The van der Waals surface area contributed by atoms with E-state index in [0.717, 1.165) is 30.1 Å². The summed E-state index contributed by atoms with van der Waals surface area (Å²) in [6.45, 7) is 1.80. The van der Waals surface area contributed by atoms with E-state index < -0.39 is 0 Å². The third kappa shape index (κ3) is 4.30. The van der Waals surface area contributed by atoms with Gasteiger partial charge in [0.15, 0.2) is 0 Å². The second-order valence-corrected chi connectivity index (χ2v) is 5.42. The van der Waals surface area contributed by atoms with Crippen molar-refractivity contribution in [1.29, 1.82) is 0 Å². The van der Waals surface area contributed by atoms with Gasteiger partial charge in [-0.25, -0.2) is 0 Å². The first-order valence-corrected chi connectivity index (χ1v) is 7.12. The van der Waals surface area contributed by atoms with Crippen molar-refractivity contribution in [2.24, 2.45) is 5.73 Å². The Kier molecular flexibility index (Phi) is 5.53. The lowest BCUT2D eigenvalue weighted by Gasteiger charge is -2.20. The van der Waals surface area contributed by atoms with E-state index in [-0.39, 0.29) is 6.04 Å². The zero-order valence-corrected chi connectivity index (χ0v) is 12.4. The molecule has 0 radical (unpaired) electrons. The molecule has 20 heavy (non-hydrogen) atoms. The van der Waals surface area contributed by atoms with Crippen molar-refractivity contribution in [3.8, 4) is 0 Å². The van der Waals surface area contributed by atoms with Gasteiger partial charge in [-0.3, -0.25) is 4.98 Å². The molecule has 0 saturated heterocycles. The number of hydrogen-bond donors (Lipinski definition) is 1. The van der Waals surface area contributed by atoms with E-state index in [0.29, 0.717) is 0 Å². The van der Waals surface area contributed by atoms with Crippen LogP contribution in [0.15, 0.2) is 48.8 Å². The highest BCUT2D eigenvalue weighted by Crippen LogP contribution is 2.23. The van der Waals surface area contributed by atoms with E-state index in [4.69, 9.17) is 17.3 Å². The fourth-order valence-electron chi connectivity index (χ4n) is 2.17. The summed E-state index contributed by atoms with van der Waals surface area (Å²) in [4.78, 5) is 6.37. The molecule has 2 rings (SSSR count). The molecule has 0 aliphatic carbocycles. The van der Waals surface area contributed by atoms with Crippen LogP contribution in [0, 0.1) is 0 Å². The first kappa shape index (κ1) is 15.0. The van der Waals surface area contributed by atoms with Gasteiger partial charge in [0.05, 0.1) is 0 Å². The summed E-state index contributed by atoms with van der Waals surface area (Å²) in [6.07, 6.45) is 4.56.